The Labute approximate surface area is 179 Å². The minimum absolute atomic E-state index is 0.349. The summed E-state index contributed by atoms with van der Waals surface area (Å²) < 4.78 is 5.72. The van der Waals surface area contributed by atoms with E-state index >= 15 is 0 Å². The summed E-state index contributed by atoms with van der Waals surface area (Å²) in [6.45, 7) is -0.349. The van der Waals surface area contributed by atoms with Crippen LogP contribution in [-0.4, -0.2) is 35.3 Å². The lowest BCUT2D eigenvalue weighted by atomic mass is 10.1. The van der Waals surface area contributed by atoms with Gasteiger partial charge in [0.1, 0.15) is 24.1 Å². The third-order valence-corrected chi connectivity index (χ3v) is 4.81. The number of ether oxygens (including phenoxy) is 1. The van der Waals surface area contributed by atoms with Gasteiger partial charge in [0, 0.05) is 12.1 Å². The Morgan fingerprint density at radius 3 is 2.16 bits per heavy atom. The van der Waals surface area contributed by atoms with E-state index in [-0.39, 0.29) is 6.54 Å². The van der Waals surface area contributed by atoms with Crippen molar-refractivity contribution >= 4 is 23.5 Å². The summed E-state index contributed by atoms with van der Waals surface area (Å²) >= 11 is 0. The summed E-state index contributed by atoms with van der Waals surface area (Å²) in [7, 11) is 0. The Hall–Kier alpha value is -4.13. The number of carbonyl (C=O) groups is 3. The molecular formula is C24H21N3O4. The average Bonchev–Trinajstić information content (AvgIpc) is 3.04. The average molecular weight is 415 g/mol. The van der Waals surface area contributed by atoms with Crippen molar-refractivity contribution in [3.63, 3.8) is 0 Å². The number of para-hydroxylation sites is 1. The lowest BCUT2D eigenvalue weighted by molar-refractivity contribution is -0.130. The van der Waals surface area contributed by atoms with E-state index in [2.05, 4.69) is 10.6 Å². The fourth-order valence-electron chi connectivity index (χ4n) is 3.29. The molecular weight excluding hydrogens is 394 g/mol. The third-order valence-electron chi connectivity index (χ3n) is 4.81. The van der Waals surface area contributed by atoms with Crippen LogP contribution in [0, 0.1) is 0 Å². The highest BCUT2D eigenvalue weighted by Crippen LogP contribution is 2.22. The van der Waals surface area contributed by atoms with Crippen molar-refractivity contribution in [3.8, 4) is 11.5 Å². The zero-order chi connectivity index (χ0) is 21.6. The molecule has 1 atom stereocenters. The lowest BCUT2D eigenvalue weighted by Crippen LogP contribution is -2.38. The number of anilines is 1. The first-order valence-electron chi connectivity index (χ1n) is 9.87. The van der Waals surface area contributed by atoms with Gasteiger partial charge in [-0.1, -0.05) is 48.5 Å². The van der Waals surface area contributed by atoms with Gasteiger partial charge in [-0.15, -0.1) is 0 Å². The fourth-order valence-corrected chi connectivity index (χ4v) is 3.29. The Balaban J connectivity index is 1.32. The first kappa shape index (κ1) is 20.2. The van der Waals surface area contributed by atoms with E-state index in [1.54, 1.807) is 24.3 Å². The maximum absolute atomic E-state index is 12.6. The van der Waals surface area contributed by atoms with E-state index < -0.39 is 23.9 Å². The van der Waals surface area contributed by atoms with Crippen molar-refractivity contribution in [2.75, 3.05) is 11.9 Å². The highest BCUT2D eigenvalue weighted by atomic mass is 16.5. The molecule has 31 heavy (non-hydrogen) atoms. The van der Waals surface area contributed by atoms with Gasteiger partial charge in [0.25, 0.3) is 5.91 Å². The molecule has 1 saturated heterocycles. The van der Waals surface area contributed by atoms with Gasteiger partial charge in [-0.25, -0.2) is 4.79 Å². The molecule has 0 aromatic heterocycles. The Kier molecular flexibility index (Phi) is 5.93. The summed E-state index contributed by atoms with van der Waals surface area (Å²) in [6, 6.07) is 24.4. The second-order valence-corrected chi connectivity index (χ2v) is 7.10. The molecule has 7 nitrogen and oxygen atoms in total. The zero-order valence-electron chi connectivity index (χ0n) is 16.7. The number of nitrogens with one attached hydrogen (secondary N) is 2. The maximum Gasteiger partial charge on any atom is 0.325 e. The molecule has 3 aromatic rings. The molecule has 2 N–H and O–H groups in total. The quantitative estimate of drug-likeness (QED) is 0.578. The minimum Gasteiger partial charge on any atom is -0.457 e. The first-order valence-corrected chi connectivity index (χ1v) is 9.87. The van der Waals surface area contributed by atoms with E-state index in [0.717, 1.165) is 10.5 Å². The monoisotopic (exact) mass is 415 g/mol. The van der Waals surface area contributed by atoms with Crippen LogP contribution in [0.4, 0.5) is 10.5 Å². The van der Waals surface area contributed by atoms with Gasteiger partial charge in [-0.3, -0.25) is 14.5 Å². The van der Waals surface area contributed by atoms with Gasteiger partial charge in [0.2, 0.25) is 5.91 Å². The lowest BCUT2D eigenvalue weighted by Gasteiger charge is -2.13. The van der Waals surface area contributed by atoms with E-state index in [9.17, 15) is 14.4 Å². The fraction of sp³-hybridized carbons (Fsp3) is 0.125. The second-order valence-electron chi connectivity index (χ2n) is 7.10. The topological polar surface area (TPSA) is 87.7 Å². The Morgan fingerprint density at radius 2 is 1.48 bits per heavy atom. The van der Waals surface area contributed by atoms with Crippen molar-refractivity contribution in [3.05, 3.63) is 90.5 Å². The number of imide groups is 1. The highest BCUT2D eigenvalue weighted by molar-refractivity contribution is 6.08. The van der Waals surface area contributed by atoms with Crippen LogP contribution in [0.25, 0.3) is 0 Å². The molecule has 7 heteroatoms. The molecule has 0 radical (unpaired) electrons. The van der Waals surface area contributed by atoms with Crippen LogP contribution in [0.3, 0.4) is 0 Å². The van der Waals surface area contributed by atoms with E-state index in [1.165, 1.54) is 0 Å². The zero-order valence-corrected chi connectivity index (χ0v) is 16.7. The molecule has 156 valence electrons. The number of hydrogen-bond donors (Lipinski definition) is 2. The maximum atomic E-state index is 12.6. The van der Waals surface area contributed by atoms with Crippen molar-refractivity contribution < 1.29 is 19.1 Å². The molecule has 1 heterocycles. The van der Waals surface area contributed by atoms with Gasteiger partial charge in [0.15, 0.2) is 0 Å². The summed E-state index contributed by atoms with van der Waals surface area (Å²) in [6.07, 6.45) is 0.381. The predicted octanol–water partition coefficient (Wildman–Crippen LogP) is 3.58. The van der Waals surface area contributed by atoms with Crippen LogP contribution in [-0.2, 0) is 16.0 Å². The molecule has 0 saturated carbocycles. The van der Waals surface area contributed by atoms with Crippen molar-refractivity contribution in [1.29, 1.82) is 0 Å². The van der Waals surface area contributed by atoms with Crippen molar-refractivity contribution in [1.82, 2.24) is 10.2 Å². The molecule has 0 aliphatic carbocycles. The van der Waals surface area contributed by atoms with Gasteiger partial charge in [-0.2, -0.15) is 0 Å². The second kappa shape index (κ2) is 9.13. The largest absolute Gasteiger partial charge is 0.457 e. The first-order chi connectivity index (χ1) is 15.1. The normalized spacial score (nSPS) is 15.5. The molecule has 4 amide bonds. The van der Waals surface area contributed by atoms with E-state index in [0.29, 0.717) is 23.6 Å². The standard InChI is InChI=1S/C24H21N3O4/c28-22(25-18-11-13-20(14-12-18)31-19-9-5-2-6-10-19)16-27-23(29)21(26-24(27)30)15-17-7-3-1-4-8-17/h1-14,21H,15-16H2,(H,25,28)(H,26,30). The Morgan fingerprint density at radius 1 is 0.871 bits per heavy atom. The molecule has 1 aliphatic rings. The van der Waals surface area contributed by atoms with Gasteiger partial charge in [0.05, 0.1) is 0 Å². The van der Waals surface area contributed by atoms with Crippen LogP contribution < -0.4 is 15.4 Å². The molecule has 0 bridgehead atoms. The minimum atomic E-state index is -0.669. The van der Waals surface area contributed by atoms with Crippen LogP contribution >= 0.6 is 0 Å². The number of carbonyl (C=O) groups excluding carboxylic acids is 3. The summed E-state index contributed by atoms with van der Waals surface area (Å²) in [4.78, 5) is 38.1. The van der Waals surface area contributed by atoms with E-state index in [1.807, 2.05) is 60.7 Å². The summed E-state index contributed by atoms with van der Waals surface area (Å²) in [5, 5.41) is 5.34. The number of rotatable bonds is 7. The molecule has 1 aliphatic heterocycles. The molecule has 4 rings (SSSR count). The van der Waals surface area contributed by atoms with Crippen LogP contribution in [0.15, 0.2) is 84.9 Å². The number of amides is 4. The SMILES string of the molecule is O=C(CN1C(=O)NC(Cc2ccccc2)C1=O)Nc1ccc(Oc2ccccc2)cc1. The number of nitrogens with zero attached hydrogens (tertiary/aromatic N) is 1. The number of hydrogen-bond acceptors (Lipinski definition) is 4. The van der Waals surface area contributed by atoms with Crippen molar-refractivity contribution in [2.24, 2.45) is 0 Å². The summed E-state index contributed by atoms with van der Waals surface area (Å²) in [5.41, 5.74) is 1.48. The van der Waals surface area contributed by atoms with E-state index in [4.69, 9.17) is 4.74 Å². The highest BCUT2D eigenvalue weighted by Gasteiger charge is 2.38. The van der Waals surface area contributed by atoms with Crippen molar-refractivity contribution in [2.45, 2.75) is 12.5 Å². The van der Waals surface area contributed by atoms with Crippen LogP contribution in [0.1, 0.15) is 5.56 Å². The van der Waals surface area contributed by atoms with Gasteiger partial charge in [-0.05, 0) is 42.0 Å². The number of urea groups is 1. The molecule has 1 fully saturated rings. The van der Waals surface area contributed by atoms with Gasteiger partial charge < -0.3 is 15.4 Å². The van der Waals surface area contributed by atoms with Crippen LogP contribution in [0.2, 0.25) is 0 Å². The molecule has 1 unspecified atom stereocenters. The molecule has 0 spiro atoms. The molecule has 3 aromatic carbocycles. The number of benzene rings is 3. The summed E-state index contributed by atoms with van der Waals surface area (Å²) in [5.74, 6) is 0.473. The van der Waals surface area contributed by atoms with Gasteiger partial charge >= 0.3 is 6.03 Å². The smallest absolute Gasteiger partial charge is 0.325 e. The third kappa shape index (κ3) is 5.08. The van der Waals surface area contributed by atoms with Crippen LogP contribution in [0.5, 0.6) is 11.5 Å². The predicted molar refractivity (Wildman–Crippen MR) is 116 cm³/mol. The Bertz CT molecular complexity index is 1070.